The van der Waals surface area contributed by atoms with Crippen LogP contribution in [0, 0.1) is 5.82 Å². The van der Waals surface area contributed by atoms with Crippen LogP contribution < -0.4 is 10.6 Å². The Labute approximate surface area is 112 Å². The Morgan fingerprint density at radius 3 is 2.94 bits per heavy atom. The molecule has 0 fully saturated rings. The molecule has 1 aliphatic heterocycles. The number of halogens is 2. The third-order valence-corrected chi connectivity index (χ3v) is 3.08. The van der Waals surface area contributed by atoms with Gasteiger partial charge in [0, 0.05) is 23.9 Å². The fourth-order valence-corrected chi connectivity index (χ4v) is 2.15. The van der Waals surface area contributed by atoms with Crippen LogP contribution in [0.25, 0.3) is 0 Å². The molecule has 18 heavy (non-hydrogen) atoms. The molecule has 0 saturated heterocycles. The van der Waals surface area contributed by atoms with Gasteiger partial charge in [-0.25, -0.2) is 4.39 Å². The van der Waals surface area contributed by atoms with Gasteiger partial charge in [0.15, 0.2) is 0 Å². The van der Waals surface area contributed by atoms with Gasteiger partial charge in [-0.15, -0.1) is 0 Å². The van der Waals surface area contributed by atoms with Gasteiger partial charge < -0.3 is 10.6 Å². The summed E-state index contributed by atoms with van der Waals surface area (Å²) >= 11 is 3.14. The van der Waals surface area contributed by atoms with E-state index >= 15 is 0 Å². The maximum absolute atomic E-state index is 13.7. The zero-order chi connectivity index (χ0) is 13.1. The van der Waals surface area contributed by atoms with Crippen molar-refractivity contribution in [3.05, 3.63) is 23.5 Å². The highest BCUT2D eigenvalue weighted by molar-refractivity contribution is 9.09. The van der Waals surface area contributed by atoms with Crippen LogP contribution in [0.15, 0.2) is 12.1 Å². The van der Waals surface area contributed by atoms with Gasteiger partial charge >= 0.3 is 0 Å². The summed E-state index contributed by atoms with van der Waals surface area (Å²) in [6.07, 6.45) is 1.15. The summed E-state index contributed by atoms with van der Waals surface area (Å²) in [6.45, 7) is 0. The van der Waals surface area contributed by atoms with Crippen molar-refractivity contribution in [3.63, 3.8) is 0 Å². The molecule has 0 aliphatic carbocycles. The molecule has 2 amide bonds. The minimum absolute atomic E-state index is 0.0909. The Morgan fingerprint density at radius 1 is 1.44 bits per heavy atom. The maximum Gasteiger partial charge on any atom is 0.225 e. The SMILES string of the molecule is O=C(CCBr)Nc1cc2c(cc1F)CCC(=O)N2. The lowest BCUT2D eigenvalue weighted by molar-refractivity contribution is -0.116. The lowest BCUT2D eigenvalue weighted by Gasteiger charge is -2.18. The monoisotopic (exact) mass is 314 g/mol. The average molecular weight is 315 g/mol. The van der Waals surface area contributed by atoms with Crippen LogP contribution in [-0.2, 0) is 16.0 Å². The van der Waals surface area contributed by atoms with Gasteiger partial charge in [-0.05, 0) is 24.1 Å². The summed E-state index contributed by atoms with van der Waals surface area (Å²) in [4.78, 5) is 22.7. The van der Waals surface area contributed by atoms with E-state index in [0.29, 0.717) is 23.9 Å². The second-order valence-electron chi connectivity index (χ2n) is 4.02. The van der Waals surface area contributed by atoms with E-state index in [-0.39, 0.29) is 23.9 Å². The lowest BCUT2D eigenvalue weighted by Crippen LogP contribution is -2.20. The van der Waals surface area contributed by atoms with Gasteiger partial charge in [0.05, 0.1) is 5.69 Å². The molecule has 1 aromatic rings. The molecular formula is C12H12BrFN2O2. The minimum Gasteiger partial charge on any atom is -0.326 e. The number of alkyl halides is 1. The highest BCUT2D eigenvalue weighted by Crippen LogP contribution is 2.28. The molecule has 0 aromatic heterocycles. The molecule has 0 spiro atoms. The molecule has 1 heterocycles. The Morgan fingerprint density at radius 2 is 2.22 bits per heavy atom. The molecule has 96 valence electrons. The Balaban J connectivity index is 2.24. The molecule has 4 nitrogen and oxygen atoms in total. The van der Waals surface area contributed by atoms with Gasteiger partial charge in [0.1, 0.15) is 5.82 Å². The van der Waals surface area contributed by atoms with Crippen molar-refractivity contribution in [3.8, 4) is 0 Å². The quantitative estimate of drug-likeness (QED) is 0.842. The normalized spacial score (nSPS) is 13.8. The Kier molecular flexibility index (Phi) is 3.96. The van der Waals surface area contributed by atoms with E-state index in [9.17, 15) is 14.0 Å². The number of carbonyl (C=O) groups is 2. The summed E-state index contributed by atoms with van der Waals surface area (Å²) < 4.78 is 13.7. The van der Waals surface area contributed by atoms with Gasteiger partial charge in [0.25, 0.3) is 0 Å². The maximum atomic E-state index is 13.7. The van der Waals surface area contributed by atoms with E-state index in [0.717, 1.165) is 5.56 Å². The molecule has 1 aromatic carbocycles. The van der Waals surface area contributed by atoms with Crippen LogP contribution in [0.1, 0.15) is 18.4 Å². The van der Waals surface area contributed by atoms with Crippen LogP contribution in [0.3, 0.4) is 0 Å². The van der Waals surface area contributed by atoms with Crippen LogP contribution in [0.4, 0.5) is 15.8 Å². The third-order valence-electron chi connectivity index (χ3n) is 2.68. The first-order valence-electron chi connectivity index (χ1n) is 5.58. The first-order valence-corrected chi connectivity index (χ1v) is 6.70. The number of aryl methyl sites for hydroxylation is 1. The first kappa shape index (κ1) is 13.0. The zero-order valence-corrected chi connectivity index (χ0v) is 11.1. The number of hydrogen-bond acceptors (Lipinski definition) is 2. The zero-order valence-electron chi connectivity index (χ0n) is 9.56. The van der Waals surface area contributed by atoms with Crippen molar-refractivity contribution in [2.45, 2.75) is 19.3 Å². The van der Waals surface area contributed by atoms with E-state index in [1.807, 2.05) is 0 Å². The number of fused-ring (bicyclic) bond motifs is 1. The number of rotatable bonds is 3. The average Bonchev–Trinajstić information content (AvgIpc) is 2.31. The molecule has 6 heteroatoms. The van der Waals surface area contributed by atoms with E-state index in [4.69, 9.17) is 0 Å². The van der Waals surface area contributed by atoms with Crippen LogP contribution in [0.5, 0.6) is 0 Å². The summed E-state index contributed by atoms with van der Waals surface area (Å²) in [5.41, 5.74) is 1.43. The van der Waals surface area contributed by atoms with E-state index < -0.39 is 5.82 Å². The molecule has 0 saturated carbocycles. The summed E-state index contributed by atoms with van der Waals surface area (Å²) in [5, 5.41) is 5.66. The van der Waals surface area contributed by atoms with Crippen molar-refractivity contribution in [2.24, 2.45) is 0 Å². The summed E-state index contributed by atoms with van der Waals surface area (Å²) in [6, 6.07) is 2.83. The topological polar surface area (TPSA) is 58.2 Å². The van der Waals surface area contributed by atoms with Crippen molar-refractivity contribution >= 4 is 39.1 Å². The molecule has 0 atom stereocenters. The molecule has 2 rings (SSSR count). The Hall–Kier alpha value is -1.43. The number of hydrogen-bond donors (Lipinski definition) is 2. The molecule has 1 aliphatic rings. The predicted octanol–water partition coefficient (Wildman–Crippen LogP) is 2.43. The highest BCUT2D eigenvalue weighted by Gasteiger charge is 2.18. The Bertz CT molecular complexity index is 505. The fourth-order valence-electron chi connectivity index (χ4n) is 1.79. The van der Waals surface area contributed by atoms with Gasteiger partial charge in [-0.2, -0.15) is 0 Å². The number of benzene rings is 1. The smallest absolute Gasteiger partial charge is 0.225 e. The number of carbonyl (C=O) groups excluding carboxylic acids is 2. The number of amides is 2. The third kappa shape index (κ3) is 2.87. The molecule has 0 unspecified atom stereocenters. The molecule has 2 N–H and O–H groups in total. The first-order chi connectivity index (χ1) is 8.60. The summed E-state index contributed by atoms with van der Waals surface area (Å²) in [5.74, 6) is -0.840. The molecule has 0 radical (unpaired) electrons. The van der Waals surface area contributed by atoms with Crippen LogP contribution in [-0.4, -0.2) is 17.1 Å². The molecular weight excluding hydrogens is 303 g/mol. The fraction of sp³-hybridized carbons (Fsp3) is 0.333. The number of nitrogens with one attached hydrogen (secondary N) is 2. The highest BCUT2D eigenvalue weighted by atomic mass is 79.9. The largest absolute Gasteiger partial charge is 0.326 e. The standard InChI is InChI=1S/C12H12BrFN2O2/c13-4-3-12(18)16-10-6-9-7(5-8(10)14)1-2-11(17)15-9/h5-6H,1-4H2,(H,15,17)(H,16,18). The van der Waals surface area contributed by atoms with Crippen molar-refractivity contribution in [1.29, 1.82) is 0 Å². The second-order valence-corrected chi connectivity index (χ2v) is 4.82. The van der Waals surface area contributed by atoms with Crippen molar-refractivity contribution < 1.29 is 14.0 Å². The van der Waals surface area contributed by atoms with E-state index in [2.05, 4.69) is 26.6 Å². The van der Waals surface area contributed by atoms with Crippen LogP contribution >= 0.6 is 15.9 Å². The number of anilines is 2. The van der Waals surface area contributed by atoms with E-state index in [1.165, 1.54) is 12.1 Å². The summed E-state index contributed by atoms with van der Waals surface area (Å²) in [7, 11) is 0. The van der Waals surface area contributed by atoms with Crippen LogP contribution in [0.2, 0.25) is 0 Å². The van der Waals surface area contributed by atoms with Crippen molar-refractivity contribution in [2.75, 3.05) is 16.0 Å². The van der Waals surface area contributed by atoms with Gasteiger partial charge in [0.2, 0.25) is 11.8 Å². The van der Waals surface area contributed by atoms with Gasteiger partial charge in [-0.1, -0.05) is 15.9 Å². The second kappa shape index (κ2) is 5.48. The lowest BCUT2D eigenvalue weighted by atomic mass is 10.0. The minimum atomic E-state index is -0.479. The molecule has 0 bridgehead atoms. The van der Waals surface area contributed by atoms with E-state index in [1.54, 1.807) is 0 Å². The van der Waals surface area contributed by atoms with Crippen molar-refractivity contribution in [1.82, 2.24) is 0 Å². The van der Waals surface area contributed by atoms with Gasteiger partial charge in [-0.3, -0.25) is 9.59 Å². The predicted molar refractivity (Wildman–Crippen MR) is 70.4 cm³/mol.